The molecule has 1 aliphatic rings. The SMILES string of the molecule is Cc1cc(Br)ccc1-n1c(SCC(=O)O)nnc1C1CC1. The first kappa shape index (κ1) is 14.6. The van der Waals surface area contributed by atoms with Crippen LogP contribution in [0.15, 0.2) is 27.8 Å². The lowest BCUT2D eigenvalue weighted by atomic mass is 10.2. The largest absolute Gasteiger partial charge is 0.481 e. The lowest BCUT2D eigenvalue weighted by Gasteiger charge is -2.12. The van der Waals surface area contributed by atoms with E-state index in [2.05, 4.69) is 26.1 Å². The van der Waals surface area contributed by atoms with Gasteiger partial charge in [-0.25, -0.2) is 0 Å². The molecule has 2 aromatic rings. The van der Waals surface area contributed by atoms with Gasteiger partial charge in [-0.3, -0.25) is 9.36 Å². The van der Waals surface area contributed by atoms with Crippen LogP contribution in [0.25, 0.3) is 5.69 Å². The quantitative estimate of drug-likeness (QED) is 0.820. The molecule has 0 spiro atoms. The van der Waals surface area contributed by atoms with Gasteiger partial charge in [0.15, 0.2) is 5.16 Å². The lowest BCUT2D eigenvalue weighted by Crippen LogP contribution is -2.05. The van der Waals surface area contributed by atoms with Gasteiger partial charge in [0.25, 0.3) is 0 Å². The predicted molar refractivity (Wildman–Crippen MR) is 84.1 cm³/mol. The minimum absolute atomic E-state index is 0.0155. The minimum Gasteiger partial charge on any atom is -0.481 e. The second kappa shape index (κ2) is 5.81. The molecule has 1 aromatic carbocycles. The van der Waals surface area contributed by atoms with Crippen molar-refractivity contribution in [1.29, 1.82) is 0 Å². The molecule has 0 saturated heterocycles. The number of aliphatic carboxylic acids is 1. The fourth-order valence-electron chi connectivity index (χ4n) is 2.20. The Morgan fingerprint density at radius 3 is 2.86 bits per heavy atom. The highest BCUT2D eigenvalue weighted by Gasteiger charge is 2.31. The first-order chi connectivity index (χ1) is 10.1. The summed E-state index contributed by atoms with van der Waals surface area (Å²) in [6, 6.07) is 6.03. The zero-order valence-electron chi connectivity index (χ0n) is 11.4. The lowest BCUT2D eigenvalue weighted by molar-refractivity contribution is -0.133. The van der Waals surface area contributed by atoms with Gasteiger partial charge in [-0.15, -0.1) is 10.2 Å². The maximum absolute atomic E-state index is 10.8. The van der Waals surface area contributed by atoms with Crippen molar-refractivity contribution in [3.63, 3.8) is 0 Å². The van der Waals surface area contributed by atoms with Gasteiger partial charge in [-0.05, 0) is 43.5 Å². The summed E-state index contributed by atoms with van der Waals surface area (Å²) in [7, 11) is 0. The number of aromatic nitrogens is 3. The molecule has 1 aromatic heterocycles. The van der Waals surface area contributed by atoms with Crippen LogP contribution in [-0.2, 0) is 4.79 Å². The zero-order valence-corrected chi connectivity index (χ0v) is 13.8. The van der Waals surface area contributed by atoms with Crippen LogP contribution in [0.3, 0.4) is 0 Å². The van der Waals surface area contributed by atoms with Crippen molar-refractivity contribution in [2.75, 3.05) is 5.75 Å². The maximum Gasteiger partial charge on any atom is 0.313 e. The highest BCUT2D eigenvalue weighted by atomic mass is 79.9. The van der Waals surface area contributed by atoms with Gasteiger partial charge < -0.3 is 5.11 Å². The van der Waals surface area contributed by atoms with Crippen molar-refractivity contribution < 1.29 is 9.90 Å². The van der Waals surface area contributed by atoms with E-state index in [0.717, 1.165) is 34.4 Å². The topological polar surface area (TPSA) is 68.0 Å². The van der Waals surface area contributed by atoms with Crippen LogP contribution >= 0.6 is 27.7 Å². The molecule has 21 heavy (non-hydrogen) atoms. The Labute approximate surface area is 134 Å². The third-order valence-electron chi connectivity index (χ3n) is 3.33. The molecule has 0 unspecified atom stereocenters. The number of thioether (sulfide) groups is 1. The highest BCUT2D eigenvalue weighted by molar-refractivity contribution is 9.10. The van der Waals surface area contributed by atoms with E-state index in [4.69, 9.17) is 5.11 Å². The molecule has 0 amide bonds. The Morgan fingerprint density at radius 1 is 1.48 bits per heavy atom. The summed E-state index contributed by atoms with van der Waals surface area (Å²) in [6.07, 6.45) is 2.24. The Bertz CT molecular complexity index is 698. The molecule has 7 heteroatoms. The van der Waals surface area contributed by atoms with Crippen LogP contribution in [-0.4, -0.2) is 31.6 Å². The fourth-order valence-corrected chi connectivity index (χ4v) is 3.35. The molecule has 0 atom stereocenters. The molecule has 1 heterocycles. The number of hydrogen-bond donors (Lipinski definition) is 1. The van der Waals surface area contributed by atoms with E-state index in [1.54, 1.807) is 0 Å². The number of nitrogens with zero attached hydrogens (tertiary/aromatic N) is 3. The number of carboxylic acids is 1. The van der Waals surface area contributed by atoms with Crippen molar-refractivity contribution in [2.45, 2.75) is 30.8 Å². The summed E-state index contributed by atoms with van der Waals surface area (Å²) in [6.45, 7) is 2.03. The van der Waals surface area contributed by atoms with Crippen LogP contribution in [0.1, 0.15) is 30.1 Å². The van der Waals surface area contributed by atoms with E-state index in [1.807, 2.05) is 29.7 Å². The molecule has 1 saturated carbocycles. The standard InChI is InChI=1S/C14H14BrN3O2S/c1-8-6-10(15)4-5-11(8)18-13(9-2-3-9)16-17-14(18)21-7-12(19)20/h4-6,9H,2-3,7H2,1H3,(H,19,20). The molecule has 0 bridgehead atoms. The minimum atomic E-state index is -0.852. The van der Waals surface area contributed by atoms with Crippen LogP contribution in [0.5, 0.6) is 0 Å². The van der Waals surface area contributed by atoms with E-state index in [0.29, 0.717) is 11.1 Å². The summed E-state index contributed by atoms with van der Waals surface area (Å²) in [4.78, 5) is 10.8. The van der Waals surface area contributed by atoms with Crippen LogP contribution < -0.4 is 0 Å². The van der Waals surface area contributed by atoms with Crippen molar-refractivity contribution in [2.24, 2.45) is 0 Å². The Morgan fingerprint density at radius 2 is 2.24 bits per heavy atom. The second-order valence-corrected chi connectivity index (χ2v) is 6.92. The molecule has 5 nitrogen and oxygen atoms in total. The van der Waals surface area contributed by atoms with Crippen molar-refractivity contribution in [3.05, 3.63) is 34.1 Å². The van der Waals surface area contributed by atoms with E-state index >= 15 is 0 Å². The molecule has 0 aliphatic heterocycles. The van der Waals surface area contributed by atoms with Crippen LogP contribution in [0.4, 0.5) is 0 Å². The third-order valence-corrected chi connectivity index (χ3v) is 4.73. The first-order valence-corrected chi connectivity index (χ1v) is 8.40. The van der Waals surface area contributed by atoms with Crippen LogP contribution in [0, 0.1) is 6.92 Å². The molecular formula is C14H14BrN3O2S. The van der Waals surface area contributed by atoms with Crippen molar-refractivity contribution in [3.8, 4) is 5.69 Å². The van der Waals surface area contributed by atoms with Gasteiger partial charge in [0.05, 0.1) is 11.4 Å². The van der Waals surface area contributed by atoms with E-state index in [-0.39, 0.29) is 5.75 Å². The van der Waals surface area contributed by atoms with Gasteiger partial charge >= 0.3 is 5.97 Å². The summed E-state index contributed by atoms with van der Waals surface area (Å²) in [5, 5.41) is 18.0. The number of hydrogen-bond acceptors (Lipinski definition) is 4. The van der Waals surface area contributed by atoms with Gasteiger partial charge in [-0.2, -0.15) is 0 Å². The summed E-state index contributed by atoms with van der Waals surface area (Å²) in [5.74, 6) is 0.515. The molecule has 0 radical (unpaired) electrons. The second-order valence-electron chi connectivity index (χ2n) is 5.06. The van der Waals surface area contributed by atoms with E-state index < -0.39 is 5.97 Å². The number of aryl methyl sites for hydroxylation is 1. The van der Waals surface area contributed by atoms with Crippen molar-refractivity contribution >= 4 is 33.7 Å². The van der Waals surface area contributed by atoms with Crippen molar-refractivity contribution in [1.82, 2.24) is 14.8 Å². The first-order valence-electron chi connectivity index (χ1n) is 6.62. The third kappa shape index (κ3) is 3.13. The van der Waals surface area contributed by atoms with Gasteiger partial charge in [0.1, 0.15) is 5.82 Å². The molecule has 110 valence electrons. The molecule has 3 rings (SSSR count). The zero-order chi connectivity index (χ0) is 15.0. The smallest absolute Gasteiger partial charge is 0.313 e. The molecule has 1 N–H and O–H groups in total. The summed E-state index contributed by atoms with van der Waals surface area (Å²) < 4.78 is 3.03. The highest BCUT2D eigenvalue weighted by Crippen LogP contribution is 2.41. The monoisotopic (exact) mass is 367 g/mol. The normalized spacial score (nSPS) is 14.4. The van der Waals surface area contributed by atoms with Crippen LogP contribution in [0.2, 0.25) is 0 Å². The van der Waals surface area contributed by atoms with Gasteiger partial charge in [0.2, 0.25) is 0 Å². The Hall–Kier alpha value is -1.34. The fraction of sp³-hybridized carbons (Fsp3) is 0.357. The molecule has 1 aliphatic carbocycles. The van der Waals surface area contributed by atoms with E-state index in [1.165, 1.54) is 11.8 Å². The van der Waals surface area contributed by atoms with E-state index in [9.17, 15) is 4.79 Å². The Balaban J connectivity index is 2.05. The number of benzene rings is 1. The average molecular weight is 368 g/mol. The maximum atomic E-state index is 10.8. The number of rotatable bonds is 5. The number of carboxylic acid groups (broad SMARTS) is 1. The summed E-state index contributed by atoms with van der Waals surface area (Å²) >= 11 is 4.67. The average Bonchev–Trinajstić information content (AvgIpc) is 3.18. The molecular weight excluding hydrogens is 354 g/mol. The Kier molecular flexibility index (Phi) is 4.03. The van der Waals surface area contributed by atoms with Gasteiger partial charge in [0, 0.05) is 10.4 Å². The number of halogens is 1. The summed E-state index contributed by atoms with van der Waals surface area (Å²) in [5.41, 5.74) is 2.11. The predicted octanol–water partition coefficient (Wildman–Crippen LogP) is 3.39. The van der Waals surface area contributed by atoms with Gasteiger partial charge in [-0.1, -0.05) is 27.7 Å². The molecule has 1 fully saturated rings. The number of carbonyl (C=O) groups is 1.